The van der Waals surface area contributed by atoms with Gasteiger partial charge < -0.3 is 5.32 Å². The highest BCUT2D eigenvalue weighted by Gasteiger charge is 2.27. The van der Waals surface area contributed by atoms with Gasteiger partial charge in [0, 0.05) is 5.69 Å². The number of benzene rings is 2. The summed E-state index contributed by atoms with van der Waals surface area (Å²) in [4.78, 5) is 12.2. The normalized spacial score (nSPS) is 12.5. The molecule has 0 aliphatic carbocycles. The zero-order valence-corrected chi connectivity index (χ0v) is 17.6. The Morgan fingerprint density at radius 1 is 1.14 bits per heavy atom. The van der Waals surface area contributed by atoms with E-state index in [1.807, 2.05) is 18.4 Å². The smallest absolute Gasteiger partial charge is 0.244 e. The maximum Gasteiger partial charge on any atom is 0.244 e. The fraction of sp³-hybridized carbons (Fsp3) is 0.350. The monoisotopic (exact) mass is 424 g/mol. The Labute approximate surface area is 170 Å². The molecule has 8 heteroatoms. The summed E-state index contributed by atoms with van der Waals surface area (Å²) in [6.07, 6.45) is 4.13. The maximum absolute atomic E-state index is 13.9. The molecule has 2 N–H and O–H groups in total. The van der Waals surface area contributed by atoms with E-state index in [1.54, 1.807) is 12.1 Å². The zero-order chi connectivity index (χ0) is 20.6. The Balaban J connectivity index is 2.15. The SMILES string of the molecule is CCCc1ccc(NC(=O)C(CCSC)NS(=O)(=O)c2ccccc2F)cc1. The largest absolute Gasteiger partial charge is 0.325 e. The summed E-state index contributed by atoms with van der Waals surface area (Å²) in [6, 6.07) is 11.5. The van der Waals surface area contributed by atoms with Crippen molar-refractivity contribution >= 4 is 33.4 Å². The first-order valence-electron chi connectivity index (χ1n) is 9.03. The van der Waals surface area contributed by atoms with Crippen molar-refractivity contribution in [3.05, 3.63) is 59.9 Å². The third-order valence-electron chi connectivity index (χ3n) is 4.11. The molecule has 0 saturated heterocycles. The Hall–Kier alpha value is -1.90. The van der Waals surface area contributed by atoms with Crippen LogP contribution >= 0.6 is 11.8 Å². The molecule has 0 aliphatic rings. The van der Waals surface area contributed by atoms with Gasteiger partial charge in [-0.15, -0.1) is 0 Å². The molecule has 1 amide bonds. The lowest BCUT2D eigenvalue weighted by molar-refractivity contribution is -0.117. The first-order valence-corrected chi connectivity index (χ1v) is 11.9. The van der Waals surface area contributed by atoms with Gasteiger partial charge in [0.15, 0.2) is 0 Å². The Morgan fingerprint density at radius 2 is 1.82 bits per heavy atom. The minimum Gasteiger partial charge on any atom is -0.325 e. The minimum absolute atomic E-state index is 0.286. The lowest BCUT2D eigenvalue weighted by Gasteiger charge is -2.18. The molecule has 152 valence electrons. The van der Waals surface area contributed by atoms with Crippen LogP contribution < -0.4 is 10.0 Å². The van der Waals surface area contributed by atoms with Gasteiger partial charge in [0.1, 0.15) is 16.8 Å². The van der Waals surface area contributed by atoms with E-state index in [-0.39, 0.29) is 6.42 Å². The van der Waals surface area contributed by atoms with Crippen molar-refractivity contribution in [1.82, 2.24) is 4.72 Å². The van der Waals surface area contributed by atoms with E-state index in [1.165, 1.54) is 35.5 Å². The van der Waals surface area contributed by atoms with Gasteiger partial charge in [0.05, 0.1) is 0 Å². The third-order valence-corrected chi connectivity index (χ3v) is 6.26. The highest BCUT2D eigenvalue weighted by Crippen LogP contribution is 2.16. The summed E-state index contributed by atoms with van der Waals surface area (Å²) >= 11 is 1.50. The minimum atomic E-state index is -4.17. The van der Waals surface area contributed by atoms with Crippen molar-refractivity contribution in [2.24, 2.45) is 0 Å². The van der Waals surface area contributed by atoms with Crippen molar-refractivity contribution in [2.75, 3.05) is 17.3 Å². The van der Waals surface area contributed by atoms with E-state index in [4.69, 9.17) is 0 Å². The fourth-order valence-electron chi connectivity index (χ4n) is 2.67. The van der Waals surface area contributed by atoms with Gasteiger partial charge in [-0.25, -0.2) is 12.8 Å². The molecule has 0 heterocycles. The van der Waals surface area contributed by atoms with E-state index in [0.29, 0.717) is 11.4 Å². The molecule has 28 heavy (non-hydrogen) atoms. The van der Waals surface area contributed by atoms with Crippen LogP contribution in [0.1, 0.15) is 25.3 Å². The molecule has 1 atom stereocenters. The van der Waals surface area contributed by atoms with Crippen LogP contribution in [0.3, 0.4) is 0 Å². The quantitative estimate of drug-likeness (QED) is 0.608. The third kappa shape index (κ3) is 6.32. The lowest BCUT2D eigenvalue weighted by atomic mass is 10.1. The van der Waals surface area contributed by atoms with E-state index in [9.17, 15) is 17.6 Å². The van der Waals surface area contributed by atoms with Crippen LogP contribution in [0.4, 0.5) is 10.1 Å². The molecule has 0 aromatic heterocycles. The number of carbonyl (C=O) groups is 1. The zero-order valence-electron chi connectivity index (χ0n) is 15.9. The second-order valence-electron chi connectivity index (χ2n) is 6.32. The standard InChI is InChI=1S/C20H25FN2O3S2/c1-3-6-15-9-11-16(12-10-15)22-20(24)18(13-14-27-2)23-28(25,26)19-8-5-4-7-17(19)21/h4-5,7-12,18,23H,3,6,13-14H2,1-2H3,(H,22,24). The van der Waals surface area contributed by atoms with Crippen LogP contribution in [0.15, 0.2) is 53.4 Å². The number of hydrogen-bond acceptors (Lipinski definition) is 4. The number of hydrogen-bond donors (Lipinski definition) is 2. The molecule has 2 rings (SSSR count). The number of thioether (sulfide) groups is 1. The van der Waals surface area contributed by atoms with Gasteiger partial charge in [-0.3, -0.25) is 4.79 Å². The molecule has 5 nitrogen and oxygen atoms in total. The molecule has 1 unspecified atom stereocenters. The van der Waals surface area contributed by atoms with E-state index >= 15 is 0 Å². The lowest BCUT2D eigenvalue weighted by Crippen LogP contribution is -2.44. The molecule has 0 fully saturated rings. The predicted molar refractivity (Wildman–Crippen MR) is 113 cm³/mol. The van der Waals surface area contributed by atoms with E-state index in [2.05, 4.69) is 17.0 Å². The highest BCUT2D eigenvalue weighted by molar-refractivity contribution is 7.98. The number of anilines is 1. The number of rotatable bonds is 10. The summed E-state index contributed by atoms with van der Waals surface area (Å²) in [5.74, 6) is -0.754. The molecular weight excluding hydrogens is 399 g/mol. The topological polar surface area (TPSA) is 75.3 Å². The predicted octanol–water partition coefficient (Wildman–Crippen LogP) is 3.82. The maximum atomic E-state index is 13.9. The van der Waals surface area contributed by atoms with Crippen molar-refractivity contribution < 1.29 is 17.6 Å². The van der Waals surface area contributed by atoms with Crippen molar-refractivity contribution in [2.45, 2.75) is 37.1 Å². The molecule has 0 saturated carbocycles. The van der Waals surface area contributed by atoms with Crippen LogP contribution in [0.5, 0.6) is 0 Å². The molecular formula is C20H25FN2O3S2. The number of aryl methyl sites for hydroxylation is 1. The van der Waals surface area contributed by atoms with Crippen LogP contribution in [-0.4, -0.2) is 32.4 Å². The van der Waals surface area contributed by atoms with Gasteiger partial charge in [0.25, 0.3) is 0 Å². The summed E-state index contributed by atoms with van der Waals surface area (Å²) in [6.45, 7) is 2.09. The average Bonchev–Trinajstić information content (AvgIpc) is 2.67. The first-order chi connectivity index (χ1) is 13.4. The van der Waals surface area contributed by atoms with Crippen LogP contribution in [0, 0.1) is 5.82 Å². The van der Waals surface area contributed by atoms with Crippen LogP contribution in [-0.2, 0) is 21.2 Å². The van der Waals surface area contributed by atoms with E-state index < -0.39 is 32.7 Å². The Kier molecular flexibility index (Phi) is 8.47. The number of sulfonamides is 1. The van der Waals surface area contributed by atoms with Gasteiger partial charge in [-0.05, 0) is 54.7 Å². The second kappa shape index (κ2) is 10.6. The number of halogens is 1. The van der Waals surface area contributed by atoms with Gasteiger partial charge in [0.2, 0.25) is 15.9 Å². The van der Waals surface area contributed by atoms with Crippen molar-refractivity contribution in [3.63, 3.8) is 0 Å². The number of carbonyl (C=O) groups excluding carboxylic acids is 1. The molecule has 0 aliphatic heterocycles. The van der Waals surface area contributed by atoms with E-state index in [0.717, 1.165) is 18.9 Å². The Bertz CT molecular complexity index is 887. The first kappa shape index (κ1) is 22.4. The summed E-state index contributed by atoms with van der Waals surface area (Å²) in [7, 11) is -4.17. The Morgan fingerprint density at radius 3 is 2.43 bits per heavy atom. The molecule has 0 bridgehead atoms. The van der Waals surface area contributed by atoms with Gasteiger partial charge in [-0.1, -0.05) is 37.6 Å². The summed E-state index contributed by atoms with van der Waals surface area (Å²) in [5.41, 5.74) is 1.75. The molecule has 0 spiro atoms. The van der Waals surface area contributed by atoms with Crippen LogP contribution in [0.2, 0.25) is 0 Å². The van der Waals surface area contributed by atoms with Crippen LogP contribution in [0.25, 0.3) is 0 Å². The summed E-state index contributed by atoms with van der Waals surface area (Å²) in [5, 5.41) is 2.74. The highest BCUT2D eigenvalue weighted by atomic mass is 32.2. The second-order valence-corrected chi connectivity index (χ2v) is 8.99. The molecule has 2 aromatic carbocycles. The summed E-state index contributed by atoms with van der Waals surface area (Å²) < 4.78 is 41.4. The average molecular weight is 425 g/mol. The van der Waals surface area contributed by atoms with Crippen molar-refractivity contribution in [3.8, 4) is 0 Å². The molecule has 0 radical (unpaired) electrons. The van der Waals surface area contributed by atoms with Gasteiger partial charge in [-0.2, -0.15) is 16.5 Å². The fourth-order valence-corrected chi connectivity index (χ4v) is 4.45. The number of nitrogens with one attached hydrogen (secondary N) is 2. The van der Waals surface area contributed by atoms with Gasteiger partial charge >= 0.3 is 0 Å². The molecule has 2 aromatic rings. The number of amides is 1. The van der Waals surface area contributed by atoms with Crippen molar-refractivity contribution in [1.29, 1.82) is 0 Å².